The number of nitrogens with zero attached hydrogens (tertiary/aromatic N) is 4. The van der Waals surface area contributed by atoms with Gasteiger partial charge in [-0.05, 0) is 50.5 Å². The van der Waals surface area contributed by atoms with Crippen LogP contribution in [0.1, 0.15) is 35.5 Å². The average molecular weight is 514 g/mol. The number of carbonyl (C=O) groups is 2. The maximum Gasteiger partial charge on any atom is 0.327 e. The van der Waals surface area contributed by atoms with Gasteiger partial charge >= 0.3 is 11.9 Å². The highest BCUT2D eigenvalue weighted by atomic mass is 35.5. The van der Waals surface area contributed by atoms with Crippen LogP contribution in [0.4, 0.5) is 0 Å². The van der Waals surface area contributed by atoms with E-state index >= 15 is 0 Å². The highest BCUT2D eigenvalue weighted by Gasteiger charge is 2.28. The molecule has 0 spiro atoms. The van der Waals surface area contributed by atoms with Crippen molar-refractivity contribution in [1.29, 1.82) is 0 Å². The van der Waals surface area contributed by atoms with Crippen LogP contribution < -0.4 is 5.32 Å². The summed E-state index contributed by atoms with van der Waals surface area (Å²) in [6, 6.07) is 17.3. The van der Waals surface area contributed by atoms with E-state index in [1.807, 2.05) is 42.5 Å². The van der Waals surface area contributed by atoms with Crippen molar-refractivity contribution in [1.82, 2.24) is 25.5 Å². The molecule has 1 aromatic heterocycles. The molecule has 3 aromatic carbocycles. The van der Waals surface area contributed by atoms with Gasteiger partial charge in [0.2, 0.25) is 0 Å². The Morgan fingerprint density at radius 3 is 2.49 bits per heavy atom. The van der Waals surface area contributed by atoms with Crippen LogP contribution in [0.25, 0.3) is 10.8 Å². The molecule has 0 saturated carbocycles. The van der Waals surface area contributed by atoms with E-state index in [-0.39, 0.29) is 13.0 Å². The van der Waals surface area contributed by atoms with E-state index in [4.69, 9.17) is 27.9 Å². The minimum atomic E-state index is -1.01. The van der Waals surface area contributed by atoms with Crippen LogP contribution in [-0.4, -0.2) is 44.4 Å². The molecule has 180 valence electrons. The Bertz CT molecular complexity index is 1380. The SMILES string of the molecule is COC(=O)Cn1nnnc1C(NC(CC(=O)O)c1ccc(Cl)c(Cl)c1)c1ccc2ccccc2c1. The van der Waals surface area contributed by atoms with Crippen LogP contribution >= 0.6 is 23.2 Å². The summed E-state index contributed by atoms with van der Waals surface area (Å²) in [5.74, 6) is -1.22. The Balaban J connectivity index is 1.81. The number of fused-ring (bicyclic) bond motifs is 1. The highest BCUT2D eigenvalue weighted by Crippen LogP contribution is 2.31. The molecule has 0 bridgehead atoms. The van der Waals surface area contributed by atoms with E-state index in [0.29, 0.717) is 21.4 Å². The van der Waals surface area contributed by atoms with Crippen molar-refractivity contribution in [3.63, 3.8) is 0 Å². The fourth-order valence-corrected chi connectivity index (χ4v) is 4.11. The average Bonchev–Trinajstić information content (AvgIpc) is 3.30. The third-order valence-corrected chi connectivity index (χ3v) is 6.26. The van der Waals surface area contributed by atoms with E-state index < -0.39 is 24.0 Å². The van der Waals surface area contributed by atoms with Gasteiger partial charge in [0, 0.05) is 6.04 Å². The molecule has 0 fully saturated rings. The quantitative estimate of drug-likeness (QED) is 0.319. The standard InChI is InChI=1S/C24H21Cl2N5O4/c1-35-22(34)13-31-24(28-29-30-31)23(17-7-6-14-4-2-3-5-15(14)10-17)27-20(12-21(32)33)16-8-9-18(25)19(26)11-16/h2-11,20,23,27H,12-13H2,1H3,(H,32,33). The van der Waals surface area contributed by atoms with Crippen molar-refractivity contribution in [2.24, 2.45) is 0 Å². The number of ether oxygens (including phenoxy) is 1. The van der Waals surface area contributed by atoms with Gasteiger partial charge in [-0.1, -0.05) is 65.7 Å². The topological polar surface area (TPSA) is 119 Å². The summed E-state index contributed by atoms with van der Waals surface area (Å²) in [5.41, 5.74) is 1.40. The lowest BCUT2D eigenvalue weighted by molar-refractivity contribution is -0.141. The molecule has 2 atom stereocenters. The first kappa shape index (κ1) is 24.6. The summed E-state index contributed by atoms with van der Waals surface area (Å²) in [7, 11) is 1.28. The molecule has 0 amide bonds. The fraction of sp³-hybridized carbons (Fsp3) is 0.208. The number of carboxylic acid groups (broad SMARTS) is 1. The summed E-state index contributed by atoms with van der Waals surface area (Å²) < 4.78 is 6.09. The van der Waals surface area contributed by atoms with E-state index in [1.165, 1.54) is 11.8 Å². The molecule has 0 aliphatic carbocycles. The highest BCUT2D eigenvalue weighted by molar-refractivity contribution is 6.42. The van der Waals surface area contributed by atoms with E-state index in [9.17, 15) is 14.7 Å². The van der Waals surface area contributed by atoms with Crippen molar-refractivity contribution in [2.45, 2.75) is 25.0 Å². The fourth-order valence-electron chi connectivity index (χ4n) is 3.80. The van der Waals surface area contributed by atoms with E-state index in [0.717, 1.165) is 16.3 Å². The normalized spacial score (nSPS) is 12.9. The largest absolute Gasteiger partial charge is 0.481 e. The number of carboxylic acids is 1. The van der Waals surface area contributed by atoms with Gasteiger partial charge in [0.05, 0.1) is 29.6 Å². The van der Waals surface area contributed by atoms with Crippen LogP contribution in [0, 0.1) is 0 Å². The van der Waals surface area contributed by atoms with E-state index in [2.05, 4.69) is 20.8 Å². The number of aromatic nitrogens is 4. The van der Waals surface area contributed by atoms with Crippen molar-refractivity contribution in [3.8, 4) is 0 Å². The van der Waals surface area contributed by atoms with Gasteiger partial charge in [-0.25, -0.2) is 4.68 Å². The Morgan fingerprint density at radius 2 is 1.77 bits per heavy atom. The molecule has 0 radical (unpaired) electrons. The van der Waals surface area contributed by atoms with Gasteiger partial charge in [0.25, 0.3) is 0 Å². The van der Waals surface area contributed by atoms with Crippen molar-refractivity contribution in [3.05, 3.63) is 87.7 Å². The van der Waals surface area contributed by atoms with Crippen molar-refractivity contribution < 1.29 is 19.4 Å². The zero-order valence-corrected chi connectivity index (χ0v) is 20.1. The maximum absolute atomic E-state index is 12.0. The van der Waals surface area contributed by atoms with Gasteiger partial charge in [-0.15, -0.1) is 5.10 Å². The van der Waals surface area contributed by atoms with Crippen LogP contribution in [0.2, 0.25) is 10.0 Å². The van der Waals surface area contributed by atoms with Crippen molar-refractivity contribution in [2.75, 3.05) is 7.11 Å². The smallest absolute Gasteiger partial charge is 0.327 e. The molecule has 2 N–H and O–H groups in total. The number of nitrogens with one attached hydrogen (secondary N) is 1. The first-order valence-electron chi connectivity index (χ1n) is 10.6. The molecule has 0 saturated heterocycles. The number of carbonyl (C=O) groups excluding carboxylic acids is 1. The number of esters is 1. The minimum Gasteiger partial charge on any atom is -0.481 e. The predicted molar refractivity (Wildman–Crippen MR) is 130 cm³/mol. The summed E-state index contributed by atoms with van der Waals surface area (Å²) in [5, 5.41) is 27.5. The Morgan fingerprint density at radius 1 is 1.03 bits per heavy atom. The molecule has 1 heterocycles. The molecule has 4 rings (SSSR count). The Hall–Kier alpha value is -3.53. The third-order valence-electron chi connectivity index (χ3n) is 5.52. The second kappa shape index (κ2) is 10.8. The molecule has 9 nitrogen and oxygen atoms in total. The Kier molecular flexibility index (Phi) is 7.60. The van der Waals surface area contributed by atoms with Crippen LogP contribution in [0.15, 0.2) is 60.7 Å². The maximum atomic E-state index is 12.0. The lowest BCUT2D eigenvalue weighted by atomic mass is 9.97. The van der Waals surface area contributed by atoms with Gasteiger partial charge < -0.3 is 9.84 Å². The number of halogens is 2. The van der Waals surface area contributed by atoms with Crippen LogP contribution in [0.3, 0.4) is 0 Å². The lowest BCUT2D eigenvalue weighted by Gasteiger charge is -2.25. The zero-order valence-electron chi connectivity index (χ0n) is 18.6. The van der Waals surface area contributed by atoms with Gasteiger partial charge in [-0.3, -0.25) is 14.9 Å². The predicted octanol–water partition coefficient (Wildman–Crippen LogP) is 4.20. The van der Waals surface area contributed by atoms with Crippen molar-refractivity contribution >= 4 is 45.9 Å². The number of aliphatic carboxylic acids is 1. The number of rotatable bonds is 9. The Labute approximate surface area is 210 Å². The monoisotopic (exact) mass is 513 g/mol. The van der Waals surface area contributed by atoms with Crippen LogP contribution in [-0.2, 0) is 20.9 Å². The number of methoxy groups -OCH3 is 1. The minimum absolute atomic E-state index is 0.207. The van der Waals surface area contributed by atoms with E-state index in [1.54, 1.807) is 18.2 Å². The molecular weight excluding hydrogens is 493 g/mol. The third kappa shape index (κ3) is 5.76. The number of benzene rings is 3. The zero-order chi connectivity index (χ0) is 24.9. The first-order chi connectivity index (χ1) is 16.9. The van der Waals surface area contributed by atoms with Gasteiger partial charge in [0.15, 0.2) is 5.82 Å². The second-order valence-corrected chi connectivity index (χ2v) is 8.62. The first-order valence-corrected chi connectivity index (χ1v) is 11.4. The second-order valence-electron chi connectivity index (χ2n) is 7.80. The molecule has 4 aromatic rings. The van der Waals surface area contributed by atoms with Gasteiger partial charge in [-0.2, -0.15) is 0 Å². The molecule has 35 heavy (non-hydrogen) atoms. The van der Waals surface area contributed by atoms with Crippen LogP contribution in [0.5, 0.6) is 0 Å². The summed E-state index contributed by atoms with van der Waals surface area (Å²) in [6.45, 7) is -0.207. The number of hydrogen-bond acceptors (Lipinski definition) is 7. The number of tetrazole rings is 1. The summed E-state index contributed by atoms with van der Waals surface area (Å²) in [6.07, 6.45) is -0.249. The molecule has 2 unspecified atom stereocenters. The summed E-state index contributed by atoms with van der Waals surface area (Å²) >= 11 is 12.3. The lowest BCUT2D eigenvalue weighted by Crippen LogP contribution is -2.32. The molecule has 11 heteroatoms. The van der Waals surface area contributed by atoms with Gasteiger partial charge in [0.1, 0.15) is 6.54 Å². The number of hydrogen-bond donors (Lipinski definition) is 2. The molecular formula is C24H21Cl2N5O4. The molecule has 0 aliphatic rings. The summed E-state index contributed by atoms with van der Waals surface area (Å²) in [4.78, 5) is 23.7. The molecule has 0 aliphatic heterocycles.